The van der Waals surface area contributed by atoms with Gasteiger partial charge in [0.25, 0.3) is 0 Å². The molecule has 2 aliphatic carbocycles. The van der Waals surface area contributed by atoms with Crippen LogP contribution in [0.1, 0.15) is 35.1 Å². The van der Waals surface area contributed by atoms with Crippen LogP contribution in [0, 0.1) is 5.82 Å². The van der Waals surface area contributed by atoms with Gasteiger partial charge in [0.15, 0.2) is 0 Å². The Bertz CT molecular complexity index is 1020. The van der Waals surface area contributed by atoms with E-state index in [1.807, 2.05) is 0 Å². The van der Waals surface area contributed by atoms with Crippen molar-refractivity contribution in [1.82, 2.24) is 9.78 Å². The summed E-state index contributed by atoms with van der Waals surface area (Å²) in [5, 5.41) is 13.4. The molecule has 1 aromatic carbocycles. The zero-order valence-corrected chi connectivity index (χ0v) is 15.8. The number of benzene rings is 1. The monoisotopic (exact) mass is 391 g/mol. The Hall–Kier alpha value is -2.13. The highest BCUT2D eigenvalue weighted by atomic mass is 32.2. The number of anilines is 1. The molecular formula is C18H22FN5O2S. The number of nitrogens with one attached hydrogen (secondary N) is 1. The minimum absolute atomic E-state index is 0.00675. The van der Waals surface area contributed by atoms with Gasteiger partial charge in [0.05, 0.1) is 12.7 Å². The summed E-state index contributed by atoms with van der Waals surface area (Å²) in [6.45, 7) is 1.22. The van der Waals surface area contributed by atoms with E-state index in [1.54, 1.807) is 4.68 Å². The molecule has 9 heteroatoms. The maximum atomic E-state index is 14.7. The molecule has 0 radical (unpaired) electrons. The van der Waals surface area contributed by atoms with E-state index in [-0.39, 0.29) is 12.5 Å². The Kier molecular flexibility index (Phi) is 3.90. The molecule has 0 amide bonds. The lowest BCUT2D eigenvalue weighted by atomic mass is 9.98. The second-order valence-electron chi connectivity index (χ2n) is 7.23. The third-order valence-electron chi connectivity index (χ3n) is 5.70. The molecule has 0 saturated carbocycles. The van der Waals surface area contributed by atoms with Crippen LogP contribution in [-0.2, 0) is 42.1 Å². The lowest BCUT2D eigenvalue weighted by molar-refractivity contribution is 0.349. The van der Waals surface area contributed by atoms with Crippen molar-refractivity contribution in [3.05, 3.63) is 34.3 Å². The van der Waals surface area contributed by atoms with E-state index in [2.05, 4.69) is 14.8 Å². The molecule has 2 aromatic rings. The Morgan fingerprint density at radius 2 is 1.89 bits per heavy atom. The van der Waals surface area contributed by atoms with Crippen LogP contribution in [0.2, 0.25) is 0 Å². The first-order valence-corrected chi connectivity index (χ1v) is 10.9. The SMILES string of the molecule is N[S@@](=O)(=NCNc1c2c(c(F)c3c1CCC3)CCC2)c1cnn2c1OCC2. The standard InChI is InChI=1S/C18H22FN5O2S/c19-16-11-3-1-5-13(11)17(14-6-2-4-12(14)16)21-10-23-27(20,25)15-9-22-24-7-8-26-18(15)24/h9,21H,1-8,10H2,(H2,20,23,25)/t27-/m1/s1. The van der Waals surface area contributed by atoms with Crippen molar-refractivity contribution in [3.8, 4) is 5.88 Å². The first-order valence-electron chi connectivity index (χ1n) is 9.34. The van der Waals surface area contributed by atoms with E-state index in [1.165, 1.54) is 6.20 Å². The molecular weight excluding hydrogens is 369 g/mol. The molecule has 5 rings (SSSR count). The zero-order chi connectivity index (χ0) is 18.6. The van der Waals surface area contributed by atoms with Gasteiger partial charge in [-0.05, 0) is 60.8 Å². The van der Waals surface area contributed by atoms with E-state index in [0.717, 1.165) is 66.5 Å². The molecule has 0 bridgehead atoms. The molecule has 0 fully saturated rings. The number of rotatable bonds is 4. The van der Waals surface area contributed by atoms with Gasteiger partial charge in [0, 0.05) is 5.69 Å². The predicted molar refractivity (Wildman–Crippen MR) is 99.7 cm³/mol. The largest absolute Gasteiger partial charge is 0.475 e. The fraction of sp³-hybridized carbons (Fsp3) is 0.500. The summed E-state index contributed by atoms with van der Waals surface area (Å²) in [4.78, 5) is 0.330. The maximum Gasteiger partial charge on any atom is 0.230 e. The van der Waals surface area contributed by atoms with Crippen molar-refractivity contribution in [2.75, 3.05) is 18.6 Å². The van der Waals surface area contributed by atoms with Gasteiger partial charge < -0.3 is 10.1 Å². The van der Waals surface area contributed by atoms with Crippen LogP contribution in [0.4, 0.5) is 10.1 Å². The number of halogens is 1. The van der Waals surface area contributed by atoms with Crippen molar-refractivity contribution >= 4 is 15.6 Å². The Balaban J connectivity index is 1.46. The highest BCUT2D eigenvalue weighted by molar-refractivity contribution is 7.91. The molecule has 0 spiro atoms. The molecule has 7 nitrogen and oxygen atoms in total. The fourth-order valence-electron chi connectivity index (χ4n) is 4.47. The third kappa shape index (κ3) is 2.63. The molecule has 0 unspecified atom stereocenters. The molecule has 3 N–H and O–H groups in total. The summed E-state index contributed by atoms with van der Waals surface area (Å²) in [6.07, 6.45) is 6.70. The second-order valence-corrected chi connectivity index (χ2v) is 9.06. The minimum atomic E-state index is -3.12. The third-order valence-corrected chi connectivity index (χ3v) is 7.12. The molecule has 2 heterocycles. The summed E-state index contributed by atoms with van der Waals surface area (Å²) < 4.78 is 39.0. The first kappa shape index (κ1) is 17.0. The Morgan fingerprint density at radius 1 is 1.22 bits per heavy atom. The van der Waals surface area contributed by atoms with Crippen LogP contribution in [0.3, 0.4) is 0 Å². The highest BCUT2D eigenvalue weighted by Crippen LogP contribution is 2.40. The van der Waals surface area contributed by atoms with Crippen molar-refractivity contribution in [2.45, 2.75) is 50.0 Å². The van der Waals surface area contributed by atoms with Crippen molar-refractivity contribution < 1.29 is 13.3 Å². The summed E-state index contributed by atoms with van der Waals surface area (Å²) >= 11 is 0. The molecule has 0 saturated heterocycles. The second kappa shape index (κ2) is 6.20. The number of ether oxygens (including phenoxy) is 1. The van der Waals surface area contributed by atoms with Crippen LogP contribution in [0.15, 0.2) is 15.5 Å². The average molecular weight is 391 g/mol. The molecule has 1 aliphatic heterocycles. The zero-order valence-electron chi connectivity index (χ0n) is 15.0. The van der Waals surface area contributed by atoms with Crippen LogP contribution < -0.4 is 15.2 Å². The summed E-state index contributed by atoms with van der Waals surface area (Å²) in [5.74, 6) is 0.433. The van der Waals surface area contributed by atoms with E-state index in [9.17, 15) is 8.60 Å². The predicted octanol–water partition coefficient (Wildman–Crippen LogP) is 2.16. The summed E-state index contributed by atoms with van der Waals surface area (Å²) in [7, 11) is -3.12. The first-order chi connectivity index (χ1) is 13.1. The molecule has 27 heavy (non-hydrogen) atoms. The van der Waals surface area contributed by atoms with E-state index in [4.69, 9.17) is 9.88 Å². The number of hydrogen-bond donors (Lipinski definition) is 2. The quantitative estimate of drug-likeness (QED) is 0.835. The fourth-order valence-corrected chi connectivity index (χ4v) is 5.48. The lowest BCUT2D eigenvalue weighted by Gasteiger charge is -2.17. The van der Waals surface area contributed by atoms with Gasteiger partial charge in [-0.3, -0.25) is 0 Å². The minimum Gasteiger partial charge on any atom is -0.475 e. The Morgan fingerprint density at radius 3 is 2.59 bits per heavy atom. The van der Waals surface area contributed by atoms with Gasteiger partial charge in [0.2, 0.25) is 5.88 Å². The van der Waals surface area contributed by atoms with Gasteiger partial charge in [0.1, 0.15) is 33.9 Å². The lowest BCUT2D eigenvalue weighted by Crippen LogP contribution is -2.16. The summed E-state index contributed by atoms with van der Waals surface area (Å²) in [6, 6.07) is 0. The van der Waals surface area contributed by atoms with Gasteiger partial charge in [-0.15, -0.1) is 0 Å². The number of hydrogen-bond acceptors (Lipinski definition) is 5. The van der Waals surface area contributed by atoms with Crippen molar-refractivity contribution in [2.24, 2.45) is 9.50 Å². The number of fused-ring (bicyclic) bond motifs is 3. The number of nitrogens with zero attached hydrogens (tertiary/aromatic N) is 3. The number of nitrogens with two attached hydrogens (primary N) is 1. The Labute approximate surface area is 157 Å². The van der Waals surface area contributed by atoms with Gasteiger partial charge in [-0.25, -0.2) is 18.4 Å². The molecule has 1 atom stereocenters. The van der Waals surface area contributed by atoms with E-state index in [0.29, 0.717) is 23.9 Å². The normalized spacial score (nSPS) is 19.2. The van der Waals surface area contributed by atoms with Crippen molar-refractivity contribution in [3.63, 3.8) is 0 Å². The maximum absolute atomic E-state index is 14.7. The molecule has 1 aromatic heterocycles. The van der Waals surface area contributed by atoms with E-state index >= 15 is 0 Å². The van der Waals surface area contributed by atoms with Crippen LogP contribution >= 0.6 is 0 Å². The molecule has 3 aliphatic rings. The topological polar surface area (TPSA) is 94.5 Å². The van der Waals surface area contributed by atoms with Gasteiger partial charge in [-0.1, -0.05) is 0 Å². The molecule has 144 valence electrons. The van der Waals surface area contributed by atoms with Crippen LogP contribution in [-0.4, -0.2) is 27.3 Å². The smallest absolute Gasteiger partial charge is 0.230 e. The van der Waals surface area contributed by atoms with Crippen LogP contribution in [0.5, 0.6) is 5.88 Å². The van der Waals surface area contributed by atoms with Gasteiger partial charge >= 0.3 is 0 Å². The average Bonchev–Trinajstić information content (AvgIpc) is 3.41. The van der Waals surface area contributed by atoms with E-state index < -0.39 is 9.92 Å². The van der Waals surface area contributed by atoms with Crippen molar-refractivity contribution in [1.29, 1.82) is 0 Å². The highest BCUT2D eigenvalue weighted by Gasteiger charge is 2.29. The van der Waals surface area contributed by atoms with Crippen LogP contribution in [0.25, 0.3) is 0 Å². The number of aromatic nitrogens is 2. The van der Waals surface area contributed by atoms with Gasteiger partial charge in [-0.2, -0.15) is 9.46 Å². The summed E-state index contributed by atoms with van der Waals surface area (Å²) in [5.41, 5.74) is 4.78.